The highest BCUT2D eigenvalue weighted by Crippen LogP contribution is 2.33. The third-order valence-corrected chi connectivity index (χ3v) is 4.47. The van der Waals surface area contributed by atoms with E-state index in [1.165, 1.54) is 12.8 Å². The molecule has 0 saturated heterocycles. The molecule has 1 N–H and O–H groups in total. The lowest BCUT2D eigenvalue weighted by atomic mass is 9.96. The van der Waals surface area contributed by atoms with Crippen molar-refractivity contribution in [1.82, 2.24) is 20.3 Å². The van der Waals surface area contributed by atoms with E-state index in [0.717, 1.165) is 24.3 Å². The Balaban J connectivity index is 1.86. The van der Waals surface area contributed by atoms with E-state index in [1.807, 2.05) is 13.0 Å². The molecule has 1 aromatic rings. The fraction of sp³-hybridized carbons (Fsp3) is 0.733. The Bertz CT molecular complexity index is 478. The molecule has 0 unspecified atom stereocenters. The highest BCUT2D eigenvalue weighted by molar-refractivity contribution is 5.73. The van der Waals surface area contributed by atoms with Crippen LogP contribution < -0.4 is 5.32 Å². The molecule has 0 spiro atoms. The first-order valence-corrected chi connectivity index (χ1v) is 7.51. The molecule has 0 bridgehead atoms. The summed E-state index contributed by atoms with van der Waals surface area (Å²) < 4.78 is 5.02. The van der Waals surface area contributed by atoms with Gasteiger partial charge >= 0.3 is 6.03 Å². The van der Waals surface area contributed by atoms with Crippen molar-refractivity contribution in [2.75, 3.05) is 27.7 Å². The molecule has 1 aliphatic carbocycles. The fourth-order valence-electron chi connectivity index (χ4n) is 3.00. The monoisotopic (exact) mass is 294 g/mol. The number of hydrogen-bond donors (Lipinski definition) is 1. The van der Waals surface area contributed by atoms with Gasteiger partial charge in [-0.2, -0.15) is 0 Å². The van der Waals surface area contributed by atoms with Crippen molar-refractivity contribution in [3.05, 3.63) is 17.5 Å². The fourth-order valence-corrected chi connectivity index (χ4v) is 3.00. The Hall–Kier alpha value is -1.56. The summed E-state index contributed by atoms with van der Waals surface area (Å²) in [6.07, 6.45) is 4.77. The number of nitrogens with zero attached hydrogens (tertiary/aromatic N) is 3. The van der Waals surface area contributed by atoms with Crippen molar-refractivity contribution in [3.63, 3.8) is 0 Å². The van der Waals surface area contributed by atoms with Gasteiger partial charge < -0.3 is 19.6 Å². The number of carbonyl (C=O) groups is 1. The highest BCUT2D eigenvalue weighted by Gasteiger charge is 2.36. The maximum Gasteiger partial charge on any atom is 0.317 e. The van der Waals surface area contributed by atoms with Gasteiger partial charge in [0.2, 0.25) is 0 Å². The molecule has 2 rings (SSSR count). The molecule has 0 aliphatic heterocycles. The molecule has 0 radical (unpaired) electrons. The molecule has 2 amide bonds. The minimum atomic E-state index is -0.0659. The van der Waals surface area contributed by atoms with Crippen molar-refractivity contribution in [2.24, 2.45) is 0 Å². The van der Waals surface area contributed by atoms with Crippen LogP contribution in [-0.2, 0) is 6.54 Å². The predicted octanol–water partition coefficient (Wildman–Crippen LogP) is 2.00. The maximum atomic E-state index is 12.2. The van der Waals surface area contributed by atoms with E-state index in [4.69, 9.17) is 4.52 Å². The van der Waals surface area contributed by atoms with Gasteiger partial charge in [0, 0.05) is 25.2 Å². The number of carbonyl (C=O) groups excluding carboxylic acids is 1. The Kier molecular flexibility index (Phi) is 4.88. The molecule has 1 heterocycles. The Morgan fingerprint density at radius 2 is 2.05 bits per heavy atom. The van der Waals surface area contributed by atoms with E-state index >= 15 is 0 Å². The minimum Gasteiger partial charge on any atom is -0.361 e. The Morgan fingerprint density at radius 1 is 1.38 bits per heavy atom. The van der Waals surface area contributed by atoms with Crippen LogP contribution in [0.4, 0.5) is 4.79 Å². The van der Waals surface area contributed by atoms with Gasteiger partial charge in [-0.1, -0.05) is 18.0 Å². The van der Waals surface area contributed by atoms with Crippen LogP contribution in [0, 0.1) is 6.92 Å². The summed E-state index contributed by atoms with van der Waals surface area (Å²) in [5, 5.41) is 6.97. The van der Waals surface area contributed by atoms with Crippen LogP contribution in [-0.4, -0.2) is 54.2 Å². The van der Waals surface area contributed by atoms with Gasteiger partial charge in [-0.25, -0.2) is 4.79 Å². The summed E-state index contributed by atoms with van der Waals surface area (Å²) in [4.78, 5) is 16.1. The standard InChI is InChI=1S/C15H26N4O2/c1-12-9-13(17-21-12)10-19(4)14(20)16-11-15(18(2)3)7-5-6-8-15/h9H,5-8,10-11H2,1-4H3,(H,16,20). The van der Waals surface area contributed by atoms with Crippen LogP contribution >= 0.6 is 0 Å². The largest absolute Gasteiger partial charge is 0.361 e. The minimum absolute atomic E-state index is 0.0659. The van der Waals surface area contributed by atoms with Gasteiger partial charge in [0.15, 0.2) is 0 Å². The second-order valence-electron chi connectivity index (χ2n) is 6.27. The molecule has 6 nitrogen and oxygen atoms in total. The first kappa shape index (κ1) is 15.8. The molecule has 1 aromatic heterocycles. The first-order chi connectivity index (χ1) is 9.93. The van der Waals surface area contributed by atoms with E-state index < -0.39 is 0 Å². The molecule has 21 heavy (non-hydrogen) atoms. The number of rotatable bonds is 5. The Labute approximate surface area is 126 Å². The molecular formula is C15H26N4O2. The van der Waals surface area contributed by atoms with E-state index in [-0.39, 0.29) is 11.6 Å². The molecule has 118 valence electrons. The topological polar surface area (TPSA) is 61.6 Å². The molecule has 1 aliphatic rings. The SMILES string of the molecule is Cc1cc(CN(C)C(=O)NCC2(N(C)C)CCCC2)no1. The van der Waals surface area contributed by atoms with Crippen LogP contribution in [0.15, 0.2) is 10.6 Å². The van der Waals surface area contributed by atoms with E-state index in [2.05, 4.69) is 29.5 Å². The summed E-state index contributed by atoms with van der Waals surface area (Å²) in [6.45, 7) is 3.00. The van der Waals surface area contributed by atoms with E-state index in [9.17, 15) is 4.79 Å². The maximum absolute atomic E-state index is 12.2. The molecule has 1 fully saturated rings. The summed E-state index contributed by atoms with van der Waals surface area (Å²) in [7, 11) is 5.97. The smallest absolute Gasteiger partial charge is 0.317 e. The number of amides is 2. The normalized spacial score (nSPS) is 17.2. The summed E-state index contributed by atoms with van der Waals surface area (Å²) in [6, 6.07) is 1.78. The third-order valence-electron chi connectivity index (χ3n) is 4.47. The zero-order chi connectivity index (χ0) is 15.5. The molecular weight excluding hydrogens is 268 g/mol. The van der Waals surface area contributed by atoms with Gasteiger partial charge in [0.25, 0.3) is 0 Å². The van der Waals surface area contributed by atoms with E-state index in [1.54, 1.807) is 11.9 Å². The lowest BCUT2D eigenvalue weighted by molar-refractivity contribution is 0.148. The summed E-state index contributed by atoms with van der Waals surface area (Å²) >= 11 is 0. The lowest BCUT2D eigenvalue weighted by Gasteiger charge is -2.36. The second-order valence-corrected chi connectivity index (χ2v) is 6.27. The summed E-state index contributed by atoms with van der Waals surface area (Å²) in [5.41, 5.74) is 0.884. The third kappa shape index (κ3) is 3.75. The number of aryl methyl sites for hydroxylation is 1. The van der Waals surface area contributed by atoms with Crippen LogP contribution in [0.2, 0.25) is 0 Å². The van der Waals surface area contributed by atoms with Gasteiger partial charge in [0.05, 0.1) is 6.54 Å². The van der Waals surface area contributed by atoms with Crippen LogP contribution in [0.5, 0.6) is 0 Å². The zero-order valence-corrected chi connectivity index (χ0v) is 13.5. The van der Waals surface area contributed by atoms with Crippen LogP contribution in [0.25, 0.3) is 0 Å². The van der Waals surface area contributed by atoms with Crippen molar-refractivity contribution >= 4 is 6.03 Å². The van der Waals surface area contributed by atoms with Crippen LogP contribution in [0.3, 0.4) is 0 Å². The molecule has 0 atom stereocenters. The van der Waals surface area contributed by atoms with Crippen molar-refractivity contribution in [1.29, 1.82) is 0 Å². The summed E-state index contributed by atoms with van der Waals surface area (Å²) in [5.74, 6) is 0.760. The quantitative estimate of drug-likeness (QED) is 0.902. The number of likely N-dealkylation sites (N-methyl/N-ethyl adjacent to an activating group) is 1. The number of nitrogens with one attached hydrogen (secondary N) is 1. The second kappa shape index (κ2) is 6.47. The first-order valence-electron chi connectivity index (χ1n) is 7.51. The van der Waals surface area contributed by atoms with Gasteiger partial charge in [0.1, 0.15) is 11.5 Å². The van der Waals surface area contributed by atoms with Gasteiger partial charge in [-0.05, 0) is 33.9 Å². The van der Waals surface area contributed by atoms with Crippen molar-refractivity contribution < 1.29 is 9.32 Å². The molecule has 1 saturated carbocycles. The predicted molar refractivity (Wildman–Crippen MR) is 81.0 cm³/mol. The average Bonchev–Trinajstić information content (AvgIpc) is 3.06. The average molecular weight is 294 g/mol. The van der Waals surface area contributed by atoms with Crippen molar-refractivity contribution in [2.45, 2.75) is 44.7 Å². The van der Waals surface area contributed by atoms with Crippen molar-refractivity contribution in [3.8, 4) is 0 Å². The van der Waals surface area contributed by atoms with Crippen LogP contribution in [0.1, 0.15) is 37.1 Å². The molecule has 6 heteroatoms. The lowest BCUT2D eigenvalue weighted by Crippen LogP contribution is -2.52. The zero-order valence-electron chi connectivity index (χ0n) is 13.5. The Morgan fingerprint density at radius 3 is 2.57 bits per heavy atom. The number of hydrogen-bond acceptors (Lipinski definition) is 4. The van der Waals surface area contributed by atoms with Gasteiger partial charge in [-0.15, -0.1) is 0 Å². The number of aromatic nitrogens is 1. The highest BCUT2D eigenvalue weighted by atomic mass is 16.5. The number of urea groups is 1. The van der Waals surface area contributed by atoms with E-state index in [0.29, 0.717) is 13.1 Å². The molecule has 0 aromatic carbocycles. The van der Waals surface area contributed by atoms with Gasteiger partial charge in [-0.3, -0.25) is 0 Å².